The second-order valence-corrected chi connectivity index (χ2v) is 6.48. The molecule has 0 aliphatic carbocycles. The zero-order valence-corrected chi connectivity index (χ0v) is 10.9. The lowest BCUT2D eigenvalue weighted by Gasteiger charge is -2.17. The second kappa shape index (κ2) is 4.40. The number of aryl methyl sites for hydroxylation is 2. The molecular weight excluding hydrogens is 238 g/mol. The summed E-state index contributed by atoms with van der Waals surface area (Å²) in [6, 6.07) is 5.40. The van der Waals surface area contributed by atoms with Crippen molar-refractivity contribution in [2.75, 3.05) is 13.1 Å². The van der Waals surface area contributed by atoms with Crippen LogP contribution >= 0.6 is 0 Å². The van der Waals surface area contributed by atoms with E-state index in [1.165, 1.54) is 4.31 Å². The van der Waals surface area contributed by atoms with Crippen molar-refractivity contribution in [2.45, 2.75) is 31.3 Å². The minimum atomic E-state index is -3.45. The van der Waals surface area contributed by atoms with Crippen molar-refractivity contribution in [1.29, 1.82) is 0 Å². The van der Waals surface area contributed by atoms with Crippen molar-refractivity contribution in [3.05, 3.63) is 29.3 Å². The van der Waals surface area contributed by atoms with Crippen LogP contribution in [0.25, 0.3) is 0 Å². The van der Waals surface area contributed by atoms with Crippen LogP contribution in [-0.2, 0) is 10.0 Å². The van der Waals surface area contributed by atoms with Crippen LogP contribution in [-0.4, -0.2) is 37.0 Å². The second-order valence-electron chi connectivity index (χ2n) is 4.57. The minimum absolute atomic E-state index is 0.204. The van der Waals surface area contributed by atoms with Gasteiger partial charge in [0.15, 0.2) is 0 Å². The van der Waals surface area contributed by atoms with Crippen LogP contribution in [0.3, 0.4) is 0 Å². The van der Waals surface area contributed by atoms with Crippen molar-refractivity contribution in [1.82, 2.24) is 4.31 Å². The van der Waals surface area contributed by atoms with E-state index in [2.05, 4.69) is 0 Å². The average molecular weight is 255 g/mol. The summed E-state index contributed by atoms with van der Waals surface area (Å²) in [7, 11) is -3.45. The first kappa shape index (κ1) is 12.5. The Morgan fingerprint density at radius 1 is 1.35 bits per heavy atom. The van der Waals surface area contributed by atoms with Crippen LogP contribution in [0, 0.1) is 13.8 Å². The van der Waals surface area contributed by atoms with Gasteiger partial charge in [0.2, 0.25) is 10.0 Å². The molecule has 1 saturated heterocycles. The van der Waals surface area contributed by atoms with Crippen LogP contribution in [0.1, 0.15) is 17.5 Å². The fourth-order valence-electron chi connectivity index (χ4n) is 2.05. The van der Waals surface area contributed by atoms with Crippen LogP contribution in [0.5, 0.6) is 0 Å². The molecule has 1 heterocycles. The molecule has 1 aliphatic rings. The third kappa shape index (κ3) is 2.36. The highest BCUT2D eigenvalue weighted by molar-refractivity contribution is 7.89. The van der Waals surface area contributed by atoms with Crippen LogP contribution in [0.2, 0.25) is 0 Å². The lowest BCUT2D eigenvalue weighted by atomic mass is 10.2. The van der Waals surface area contributed by atoms with Gasteiger partial charge in [-0.3, -0.25) is 0 Å². The maximum Gasteiger partial charge on any atom is 0.243 e. The first-order valence-corrected chi connectivity index (χ1v) is 7.11. The van der Waals surface area contributed by atoms with Crippen molar-refractivity contribution < 1.29 is 13.5 Å². The molecule has 0 radical (unpaired) electrons. The number of β-amino-alcohol motifs (C(OH)–C–C–N with tert-alkyl or cyclic N) is 1. The molecule has 94 valence electrons. The Labute approximate surface area is 102 Å². The Kier molecular flexibility index (Phi) is 3.25. The van der Waals surface area contributed by atoms with Crippen LogP contribution in [0.4, 0.5) is 0 Å². The van der Waals surface area contributed by atoms with E-state index in [1.54, 1.807) is 13.0 Å². The molecule has 0 amide bonds. The Bertz CT molecular complexity index is 525. The van der Waals surface area contributed by atoms with Gasteiger partial charge in [0.05, 0.1) is 11.0 Å². The van der Waals surface area contributed by atoms with Gasteiger partial charge in [-0.05, 0) is 37.5 Å². The summed E-state index contributed by atoms with van der Waals surface area (Å²) >= 11 is 0. The zero-order chi connectivity index (χ0) is 12.6. The maximum absolute atomic E-state index is 12.4. The number of nitrogens with zero attached hydrogens (tertiary/aromatic N) is 1. The molecule has 1 aliphatic heterocycles. The van der Waals surface area contributed by atoms with Gasteiger partial charge in [-0.2, -0.15) is 4.31 Å². The van der Waals surface area contributed by atoms with Gasteiger partial charge < -0.3 is 5.11 Å². The molecule has 1 aromatic carbocycles. The van der Waals surface area contributed by atoms with E-state index in [9.17, 15) is 13.5 Å². The average Bonchev–Trinajstić information content (AvgIpc) is 2.69. The van der Waals surface area contributed by atoms with E-state index in [1.807, 2.05) is 19.1 Å². The topological polar surface area (TPSA) is 57.6 Å². The summed E-state index contributed by atoms with van der Waals surface area (Å²) < 4.78 is 26.1. The Morgan fingerprint density at radius 3 is 2.65 bits per heavy atom. The summed E-state index contributed by atoms with van der Waals surface area (Å²) in [6.07, 6.45) is -0.0146. The molecule has 0 aromatic heterocycles. The van der Waals surface area contributed by atoms with Crippen molar-refractivity contribution in [2.24, 2.45) is 0 Å². The fraction of sp³-hybridized carbons (Fsp3) is 0.500. The van der Waals surface area contributed by atoms with Gasteiger partial charge >= 0.3 is 0 Å². The highest BCUT2D eigenvalue weighted by atomic mass is 32.2. The van der Waals surface area contributed by atoms with E-state index in [4.69, 9.17) is 0 Å². The summed E-state index contributed by atoms with van der Waals surface area (Å²) in [6.45, 7) is 4.27. The SMILES string of the molecule is Cc1ccc(C)c(S(=O)(=O)N2CC[C@@H](O)C2)c1. The van der Waals surface area contributed by atoms with Gasteiger partial charge in [-0.1, -0.05) is 12.1 Å². The molecule has 0 bridgehead atoms. The number of hydrogen-bond acceptors (Lipinski definition) is 3. The first-order valence-electron chi connectivity index (χ1n) is 5.67. The Balaban J connectivity index is 2.41. The molecule has 0 saturated carbocycles. The molecule has 0 spiro atoms. The normalized spacial score (nSPS) is 21.9. The Hall–Kier alpha value is -0.910. The van der Waals surface area contributed by atoms with Crippen molar-refractivity contribution in [3.63, 3.8) is 0 Å². The largest absolute Gasteiger partial charge is 0.392 e. The predicted octanol–water partition coefficient (Wildman–Crippen LogP) is 1.06. The summed E-state index contributed by atoms with van der Waals surface area (Å²) in [5, 5.41) is 9.43. The fourth-order valence-corrected chi connectivity index (χ4v) is 3.86. The van der Waals surface area contributed by atoms with E-state index in [0.29, 0.717) is 17.9 Å². The number of aliphatic hydroxyl groups excluding tert-OH is 1. The van der Waals surface area contributed by atoms with Gasteiger partial charge in [-0.15, -0.1) is 0 Å². The van der Waals surface area contributed by atoms with Crippen molar-refractivity contribution in [3.8, 4) is 0 Å². The summed E-state index contributed by atoms with van der Waals surface area (Å²) in [5.74, 6) is 0. The molecule has 1 N–H and O–H groups in total. The van der Waals surface area contributed by atoms with Gasteiger partial charge in [0, 0.05) is 13.1 Å². The lowest BCUT2D eigenvalue weighted by Crippen LogP contribution is -2.30. The third-order valence-corrected chi connectivity index (χ3v) is 5.09. The standard InChI is InChI=1S/C12H17NO3S/c1-9-3-4-10(2)12(7-9)17(15,16)13-6-5-11(14)8-13/h3-4,7,11,14H,5-6,8H2,1-2H3/t11-/m1/s1. The molecule has 4 nitrogen and oxygen atoms in total. The number of rotatable bonds is 2. The van der Waals surface area contributed by atoms with E-state index < -0.39 is 16.1 Å². The smallest absolute Gasteiger partial charge is 0.243 e. The molecule has 0 unspecified atom stereocenters. The van der Waals surface area contributed by atoms with Gasteiger partial charge in [0.1, 0.15) is 0 Å². The quantitative estimate of drug-likeness (QED) is 0.859. The molecular formula is C12H17NO3S. The molecule has 1 fully saturated rings. The molecule has 5 heteroatoms. The van der Waals surface area contributed by atoms with Gasteiger partial charge in [0.25, 0.3) is 0 Å². The number of benzene rings is 1. The molecule has 2 rings (SSSR count). The first-order chi connectivity index (χ1) is 7.91. The van der Waals surface area contributed by atoms with E-state index in [0.717, 1.165) is 11.1 Å². The lowest BCUT2D eigenvalue weighted by molar-refractivity contribution is 0.189. The minimum Gasteiger partial charge on any atom is -0.392 e. The van der Waals surface area contributed by atoms with E-state index in [-0.39, 0.29) is 6.54 Å². The maximum atomic E-state index is 12.4. The monoisotopic (exact) mass is 255 g/mol. The molecule has 1 atom stereocenters. The highest BCUT2D eigenvalue weighted by Crippen LogP contribution is 2.24. The highest BCUT2D eigenvalue weighted by Gasteiger charge is 2.32. The summed E-state index contributed by atoms with van der Waals surface area (Å²) in [4.78, 5) is 0.353. The predicted molar refractivity (Wildman–Crippen MR) is 65.3 cm³/mol. The zero-order valence-electron chi connectivity index (χ0n) is 10.0. The number of aliphatic hydroxyl groups is 1. The summed E-state index contributed by atoms with van der Waals surface area (Å²) in [5.41, 5.74) is 1.67. The molecule has 1 aromatic rings. The van der Waals surface area contributed by atoms with Gasteiger partial charge in [-0.25, -0.2) is 8.42 Å². The van der Waals surface area contributed by atoms with E-state index >= 15 is 0 Å². The third-order valence-electron chi connectivity index (χ3n) is 3.09. The van der Waals surface area contributed by atoms with Crippen molar-refractivity contribution >= 4 is 10.0 Å². The van der Waals surface area contributed by atoms with Crippen LogP contribution < -0.4 is 0 Å². The van der Waals surface area contributed by atoms with Crippen LogP contribution in [0.15, 0.2) is 23.1 Å². The molecule has 17 heavy (non-hydrogen) atoms. The number of sulfonamides is 1. The Morgan fingerprint density at radius 2 is 2.06 bits per heavy atom. The number of hydrogen-bond donors (Lipinski definition) is 1.